The molecule has 26 heavy (non-hydrogen) atoms. The van der Waals surface area contributed by atoms with Gasteiger partial charge in [0.05, 0.1) is 12.0 Å². The minimum Gasteiger partial charge on any atom is -0.497 e. The van der Waals surface area contributed by atoms with Crippen molar-refractivity contribution in [2.45, 2.75) is 6.54 Å². The number of nitrogens with one attached hydrogen (secondary N) is 2. The highest BCUT2D eigenvalue weighted by Crippen LogP contribution is 2.25. The number of ether oxygens (including phenoxy) is 1. The number of hydrogen-bond donors (Lipinski definition) is 2. The summed E-state index contributed by atoms with van der Waals surface area (Å²) in [4.78, 5) is 35.3. The van der Waals surface area contributed by atoms with Gasteiger partial charge in [-0.3, -0.25) is 19.7 Å². The van der Waals surface area contributed by atoms with Crippen molar-refractivity contribution in [3.63, 3.8) is 0 Å². The molecule has 0 spiro atoms. The molecule has 3 amide bonds. The third-order valence-electron chi connectivity index (χ3n) is 3.72. The van der Waals surface area contributed by atoms with Gasteiger partial charge >= 0.3 is 0 Å². The van der Waals surface area contributed by atoms with Crippen LogP contribution in [0.25, 0.3) is 6.08 Å². The molecule has 1 aliphatic heterocycles. The van der Waals surface area contributed by atoms with Crippen molar-refractivity contribution in [3.05, 3.63) is 70.1 Å². The molecule has 2 N–H and O–H groups in total. The Morgan fingerprint density at radius 3 is 2.38 bits per heavy atom. The molecule has 1 aliphatic rings. The summed E-state index contributed by atoms with van der Waals surface area (Å²) < 4.78 is 5.10. The van der Waals surface area contributed by atoms with E-state index in [1.165, 1.54) is 0 Å². The minimum absolute atomic E-state index is 0.191. The van der Waals surface area contributed by atoms with Crippen LogP contribution in [0.3, 0.4) is 0 Å². The fraction of sp³-hybridized carbons (Fsp3) is 0.105. The fourth-order valence-electron chi connectivity index (χ4n) is 2.33. The smallest absolute Gasteiger partial charge is 0.290 e. The molecular weight excluding hydrogens is 352 g/mol. The topological polar surface area (TPSA) is 84.5 Å². The van der Waals surface area contributed by atoms with E-state index in [1.54, 1.807) is 37.5 Å². The first-order valence-corrected chi connectivity index (χ1v) is 8.63. The Labute approximate surface area is 154 Å². The van der Waals surface area contributed by atoms with Gasteiger partial charge in [-0.2, -0.15) is 0 Å². The molecule has 1 saturated heterocycles. The Balaban J connectivity index is 1.60. The minimum atomic E-state index is -0.402. The van der Waals surface area contributed by atoms with Gasteiger partial charge < -0.3 is 10.1 Å². The first-order valence-electron chi connectivity index (χ1n) is 7.81. The van der Waals surface area contributed by atoms with Crippen molar-refractivity contribution in [1.29, 1.82) is 0 Å². The maximum atomic E-state index is 12.2. The average Bonchev–Trinajstić information content (AvgIpc) is 2.97. The third-order valence-corrected chi connectivity index (χ3v) is 4.54. The summed E-state index contributed by atoms with van der Waals surface area (Å²) in [5, 5.41) is 4.67. The summed E-state index contributed by atoms with van der Waals surface area (Å²) in [6.07, 6.45) is 1.62. The second-order valence-electron chi connectivity index (χ2n) is 5.50. The van der Waals surface area contributed by atoms with Crippen LogP contribution in [0.4, 0.5) is 4.79 Å². The number of hydrogen-bond acceptors (Lipinski definition) is 5. The van der Waals surface area contributed by atoms with Gasteiger partial charge in [-0.25, -0.2) is 0 Å². The van der Waals surface area contributed by atoms with E-state index >= 15 is 0 Å². The summed E-state index contributed by atoms with van der Waals surface area (Å²) in [7, 11) is 1.60. The zero-order valence-electron chi connectivity index (χ0n) is 13.9. The summed E-state index contributed by atoms with van der Waals surface area (Å²) in [6.45, 7) is 0.410. The Hall–Kier alpha value is -3.06. The molecule has 0 atom stereocenters. The third kappa shape index (κ3) is 4.31. The Morgan fingerprint density at radius 2 is 1.81 bits per heavy atom. The Kier molecular flexibility index (Phi) is 5.38. The highest BCUT2D eigenvalue weighted by Gasteiger charge is 2.24. The lowest BCUT2D eigenvalue weighted by Gasteiger charge is -2.07. The van der Waals surface area contributed by atoms with Crippen LogP contribution in [-0.4, -0.2) is 24.2 Å². The van der Waals surface area contributed by atoms with Crippen molar-refractivity contribution < 1.29 is 19.1 Å². The van der Waals surface area contributed by atoms with Crippen molar-refractivity contribution in [2.24, 2.45) is 0 Å². The number of carbonyl (C=O) groups excluding carboxylic acids is 3. The maximum Gasteiger partial charge on any atom is 0.290 e. The maximum absolute atomic E-state index is 12.2. The van der Waals surface area contributed by atoms with Crippen LogP contribution >= 0.6 is 11.8 Å². The van der Waals surface area contributed by atoms with Crippen LogP contribution in [0.1, 0.15) is 21.5 Å². The summed E-state index contributed by atoms with van der Waals surface area (Å²) in [6, 6.07) is 14.3. The van der Waals surface area contributed by atoms with Crippen LogP contribution in [0.5, 0.6) is 5.75 Å². The standard InChI is InChI=1S/C19H16N2O4S/c1-25-15-8-4-13(5-9-15)11-20-17(22)14-6-2-12(3-7-14)10-16-18(23)21-19(24)26-16/h2-10H,11H2,1H3,(H,20,22)(H,21,23,24). The Morgan fingerprint density at radius 1 is 1.12 bits per heavy atom. The van der Waals surface area contributed by atoms with Crippen molar-refractivity contribution in [1.82, 2.24) is 10.6 Å². The van der Waals surface area contributed by atoms with Crippen molar-refractivity contribution in [2.75, 3.05) is 7.11 Å². The summed E-state index contributed by atoms with van der Waals surface area (Å²) >= 11 is 0.861. The van der Waals surface area contributed by atoms with Crippen LogP contribution in [0.2, 0.25) is 0 Å². The summed E-state index contributed by atoms with van der Waals surface area (Å²) in [5.74, 6) is 0.171. The van der Waals surface area contributed by atoms with Gasteiger partial charge in [0, 0.05) is 12.1 Å². The average molecular weight is 368 g/mol. The predicted molar refractivity (Wildman–Crippen MR) is 99.7 cm³/mol. The normalized spacial score (nSPS) is 15.0. The van der Waals surface area contributed by atoms with E-state index in [0.717, 1.165) is 28.6 Å². The molecule has 0 saturated carbocycles. The van der Waals surface area contributed by atoms with Gasteiger partial charge in [0.1, 0.15) is 5.75 Å². The highest BCUT2D eigenvalue weighted by molar-refractivity contribution is 8.18. The summed E-state index contributed by atoms with van der Waals surface area (Å²) in [5.41, 5.74) is 2.22. The van der Waals surface area contributed by atoms with Gasteiger partial charge in [-0.15, -0.1) is 0 Å². The zero-order valence-corrected chi connectivity index (χ0v) is 14.8. The van der Waals surface area contributed by atoms with E-state index in [0.29, 0.717) is 17.0 Å². The SMILES string of the molecule is COc1ccc(CNC(=O)c2ccc(C=C3SC(=O)NC3=O)cc2)cc1. The lowest BCUT2D eigenvalue weighted by Crippen LogP contribution is -2.22. The number of rotatable bonds is 5. The quantitative estimate of drug-likeness (QED) is 0.793. The number of methoxy groups -OCH3 is 1. The number of amides is 3. The van der Waals surface area contributed by atoms with Crippen LogP contribution in [0, 0.1) is 0 Å². The van der Waals surface area contributed by atoms with Crippen LogP contribution < -0.4 is 15.4 Å². The largest absolute Gasteiger partial charge is 0.497 e. The molecule has 0 aromatic heterocycles. The molecule has 0 radical (unpaired) electrons. The van der Waals surface area contributed by atoms with E-state index in [4.69, 9.17) is 4.74 Å². The van der Waals surface area contributed by atoms with Crippen molar-refractivity contribution >= 4 is 34.9 Å². The highest BCUT2D eigenvalue weighted by atomic mass is 32.2. The molecule has 1 fully saturated rings. The molecule has 3 rings (SSSR count). The molecule has 0 bridgehead atoms. The van der Waals surface area contributed by atoms with Crippen LogP contribution in [0.15, 0.2) is 53.4 Å². The number of imide groups is 1. The molecule has 132 valence electrons. The molecule has 7 heteroatoms. The first kappa shape index (κ1) is 17.8. The lowest BCUT2D eigenvalue weighted by molar-refractivity contribution is -0.115. The number of carbonyl (C=O) groups is 3. The van der Waals surface area contributed by atoms with Gasteiger partial charge in [0.25, 0.3) is 17.1 Å². The van der Waals surface area contributed by atoms with Gasteiger partial charge in [0.2, 0.25) is 0 Å². The van der Waals surface area contributed by atoms with E-state index in [9.17, 15) is 14.4 Å². The van der Waals surface area contributed by atoms with Crippen LogP contribution in [-0.2, 0) is 11.3 Å². The van der Waals surface area contributed by atoms with E-state index in [1.807, 2.05) is 24.3 Å². The van der Waals surface area contributed by atoms with E-state index in [-0.39, 0.29) is 11.1 Å². The predicted octanol–water partition coefficient (Wildman–Crippen LogP) is 2.95. The second kappa shape index (κ2) is 7.88. The monoisotopic (exact) mass is 368 g/mol. The fourth-order valence-corrected chi connectivity index (χ4v) is 3.01. The lowest BCUT2D eigenvalue weighted by atomic mass is 10.1. The van der Waals surface area contributed by atoms with Crippen molar-refractivity contribution in [3.8, 4) is 5.75 Å². The Bertz CT molecular complexity index is 873. The molecule has 6 nitrogen and oxygen atoms in total. The molecule has 2 aromatic rings. The molecule has 0 unspecified atom stereocenters. The first-order chi connectivity index (χ1) is 12.5. The molecule has 1 heterocycles. The zero-order chi connectivity index (χ0) is 18.5. The van der Waals surface area contributed by atoms with Gasteiger partial charge in [0.15, 0.2) is 0 Å². The van der Waals surface area contributed by atoms with Gasteiger partial charge in [-0.05, 0) is 53.2 Å². The second-order valence-corrected chi connectivity index (χ2v) is 6.52. The number of benzene rings is 2. The molecule has 2 aromatic carbocycles. The molecule has 0 aliphatic carbocycles. The molecular formula is C19H16N2O4S. The van der Waals surface area contributed by atoms with E-state index < -0.39 is 5.91 Å². The number of thioether (sulfide) groups is 1. The van der Waals surface area contributed by atoms with E-state index in [2.05, 4.69) is 10.6 Å². The van der Waals surface area contributed by atoms with Gasteiger partial charge in [-0.1, -0.05) is 24.3 Å².